The Labute approximate surface area is 117 Å². The zero-order valence-corrected chi connectivity index (χ0v) is 11.6. The van der Waals surface area contributed by atoms with Crippen LogP contribution >= 0.6 is 0 Å². The smallest absolute Gasteiger partial charge is 0.326 e. The molecule has 0 saturated carbocycles. The van der Waals surface area contributed by atoms with Crippen LogP contribution in [0.2, 0.25) is 0 Å². The van der Waals surface area contributed by atoms with E-state index in [-0.39, 0.29) is 6.04 Å². The van der Waals surface area contributed by atoms with Crippen molar-refractivity contribution in [2.24, 2.45) is 5.73 Å². The van der Waals surface area contributed by atoms with Gasteiger partial charge in [0.1, 0.15) is 6.04 Å². The molecule has 3 amide bonds. The normalized spacial score (nSPS) is 20.9. The zero-order chi connectivity index (χ0) is 15.1. The summed E-state index contributed by atoms with van der Waals surface area (Å²) >= 11 is 0. The molecule has 1 aliphatic heterocycles. The lowest BCUT2D eigenvalue weighted by molar-refractivity contribution is -0.140. The molecule has 1 rings (SSSR count). The molecule has 1 aliphatic rings. The zero-order valence-electron chi connectivity index (χ0n) is 11.6. The molecule has 0 aromatic rings. The fraction of sp³-hybridized carbons (Fsp3) is 0.750. The third-order valence-corrected chi connectivity index (χ3v) is 3.30. The lowest BCUT2D eigenvalue weighted by Crippen LogP contribution is -2.54. The number of aliphatic carboxylic acids is 1. The fourth-order valence-corrected chi connectivity index (χ4v) is 2.25. The van der Waals surface area contributed by atoms with Crippen LogP contribution in [0.25, 0.3) is 0 Å². The second kappa shape index (κ2) is 7.68. The number of piperidine rings is 1. The third kappa shape index (κ3) is 5.43. The summed E-state index contributed by atoms with van der Waals surface area (Å²) in [6.45, 7) is 4.72. The molecule has 5 N–H and O–H groups in total. The molecule has 1 unspecified atom stereocenters. The van der Waals surface area contributed by atoms with Gasteiger partial charge >= 0.3 is 12.0 Å². The Kier molecular flexibility index (Phi) is 6.23. The van der Waals surface area contributed by atoms with Gasteiger partial charge < -0.3 is 26.4 Å². The topological polar surface area (TPSA) is 125 Å². The maximum Gasteiger partial charge on any atom is 0.326 e. The molecule has 0 bridgehead atoms. The first-order valence-corrected chi connectivity index (χ1v) is 6.72. The van der Waals surface area contributed by atoms with Gasteiger partial charge in [-0.15, -0.1) is 0 Å². The summed E-state index contributed by atoms with van der Waals surface area (Å²) in [6, 6.07) is -1.88. The summed E-state index contributed by atoms with van der Waals surface area (Å²) < 4.78 is 0. The molecule has 20 heavy (non-hydrogen) atoms. The molecule has 1 fully saturated rings. The van der Waals surface area contributed by atoms with Gasteiger partial charge in [0.2, 0.25) is 5.91 Å². The number of carboxylic acid groups (broad SMARTS) is 1. The van der Waals surface area contributed by atoms with E-state index in [0.717, 1.165) is 32.5 Å². The molecule has 8 nitrogen and oxygen atoms in total. The highest BCUT2D eigenvalue weighted by Crippen LogP contribution is 2.09. The van der Waals surface area contributed by atoms with Crippen LogP contribution in [-0.4, -0.2) is 59.6 Å². The second-order valence-corrected chi connectivity index (χ2v) is 4.91. The molecular formula is C12H22N4O4. The lowest BCUT2D eigenvalue weighted by atomic mass is 10.1. The number of nitrogens with zero attached hydrogens (tertiary/aromatic N) is 1. The van der Waals surface area contributed by atoms with E-state index in [0.29, 0.717) is 0 Å². The summed E-state index contributed by atoms with van der Waals surface area (Å²) in [5, 5.41) is 13.9. The Morgan fingerprint density at radius 1 is 1.45 bits per heavy atom. The SMILES string of the molecule is CCN1CCCC(NC(=O)N[C@@H](CC(N)=O)C(=O)O)C1. The number of urea groups is 1. The first kappa shape index (κ1) is 16.2. The standard InChI is InChI=1S/C12H22N4O4/c1-2-16-5-3-4-8(7-16)14-12(20)15-9(11(18)19)6-10(13)17/h8-9H,2-7H2,1H3,(H2,13,17)(H,18,19)(H2,14,15,20)/t8?,9-/m0/s1. The number of carbonyl (C=O) groups is 3. The van der Waals surface area contributed by atoms with E-state index >= 15 is 0 Å². The first-order chi connectivity index (χ1) is 9.42. The van der Waals surface area contributed by atoms with Crippen molar-refractivity contribution in [3.63, 3.8) is 0 Å². The predicted molar refractivity (Wildman–Crippen MR) is 72.0 cm³/mol. The summed E-state index contributed by atoms with van der Waals surface area (Å²) in [4.78, 5) is 35.6. The maximum absolute atomic E-state index is 11.7. The average Bonchev–Trinajstić information content (AvgIpc) is 2.37. The van der Waals surface area contributed by atoms with E-state index in [4.69, 9.17) is 10.8 Å². The summed E-state index contributed by atoms with van der Waals surface area (Å²) in [7, 11) is 0. The van der Waals surface area contributed by atoms with Crippen molar-refractivity contribution < 1.29 is 19.5 Å². The Balaban J connectivity index is 2.44. The Morgan fingerprint density at radius 3 is 2.70 bits per heavy atom. The van der Waals surface area contributed by atoms with Crippen LogP contribution in [0.15, 0.2) is 0 Å². The largest absolute Gasteiger partial charge is 0.480 e. The van der Waals surface area contributed by atoms with Gasteiger partial charge in [0.25, 0.3) is 0 Å². The molecule has 0 radical (unpaired) electrons. The van der Waals surface area contributed by atoms with Gasteiger partial charge in [-0.05, 0) is 25.9 Å². The summed E-state index contributed by atoms with van der Waals surface area (Å²) in [5.41, 5.74) is 4.95. The van der Waals surface area contributed by atoms with Gasteiger partial charge in [0.15, 0.2) is 0 Å². The van der Waals surface area contributed by atoms with Crippen molar-refractivity contribution in [3.05, 3.63) is 0 Å². The van der Waals surface area contributed by atoms with E-state index in [2.05, 4.69) is 22.5 Å². The monoisotopic (exact) mass is 286 g/mol. The molecular weight excluding hydrogens is 264 g/mol. The van der Waals surface area contributed by atoms with Gasteiger partial charge in [-0.25, -0.2) is 9.59 Å². The second-order valence-electron chi connectivity index (χ2n) is 4.91. The number of amides is 3. The van der Waals surface area contributed by atoms with Crippen LogP contribution < -0.4 is 16.4 Å². The van der Waals surface area contributed by atoms with Crippen LogP contribution in [0, 0.1) is 0 Å². The number of hydrogen-bond donors (Lipinski definition) is 4. The maximum atomic E-state index is 11.7. The molecule has 1 heterocycles. The number of carboxylic acids is 1. The molecule has 2 atom stereocenters. The Morgan fingerprint density at radius 2 is 2.15 bits per heavy atom. The van der Waals surface area contributed by atoms with E-state index < -0.39 is 30.4 Å². The number of nitrogens with one attached hydrogen (secondary N) is 2. The third-order valence-electron chi connectivity index (χ3n) is 3.30. The van der Waals surface area contributed by atoms with E-state index in [1.165, 1.54) is 0 Å². The van der Waals surface area contributed by atoms with E-state index in [1.807, 2.05) is 0 Å². The van der Waals surface area contributed by atoms with Crippen molar-refractivity contribution in [1.29, 1.82) is 0 Å². The van der Waals surface area contributed by atoms with Crippen molar-refractivity contribution in [2.45, 2.75) is 38.3 Å². The van der Waals surface area contributed by atoms with Crippen LogP contribution in [0.5, 0.6) is 0 Å². The molecule has 114 valence electrons. The average molecular weight is 286 g/mol. The highest BCUT2D eigenvalue weighted by molar-refractivity contribution is 5.87. The number of carbonyl (C=O) groups excluding carboxylic acids is 2. The number of likely N-dealkylation sites (N-methyl/N-ethyl adjacent to an activating group) is 1. The minimum Gasteiger partial charge on any atom is -0.480 e. The lowest BCUT2D eigenvalue weighted by Gasteiger charge is -2.32. The number of likely N-dealkylation sites (tertiary alicyclic amines) is 1. The Hall–Kier alpha value is -1.83. The van der Waals surface area contributed by atoms with Crippen LogP contribution in [0.4, 0.5) is 4.79 Å². The van der Waals surface area contributed by atoms with Gasteiger partial charge in [0, 0.05) is 12.6 Å². The van der Waals surface area contributed by atoms with E-state index in [1.54, 1.807) is 0 Å². The molecule has 1 saturated heterocycles. The van der Waals surface area contributed by atoms with Crippen molar-refractivity contribution in [2.75, 3.05) is 19.6 Å². The van der Waals surface area contributed by atoms with E-state index in [9.17, 15) is 14.4 Å². The molecule has 8 heteroatoms. The molecule has 0 aromatic carbocycles. The van der Waals surface area contributed by atoms with Crippen molar-refractivity contribution >= 4 is 17.9 Å². The minimum absolute atomic E-state index is 0.00766. The number of primary amides is 1. The number of hydrogen-bond acceptors (Lipinski definition) is 4. The van der Waals surface area contributed by atoms with Crippen LogP contribution in [0.3, 0.4) is 0 Å². The molecule has 0 spiro atoms. The van der Waals surface area contributed by atoms with Gasteiger partial charge in [-0.3, -0.25) is 4.79 Å². The number of rotatable bonds is 6. The van der Waals surface area contributed by atoms with Crippen LogP contribution in [-0.2, 0) is 9.59 Å². The Bertz CT molecular complexity index is 374. The summed E-state index contributed by atoms with van der Waals surface area (Å²) in [6.07, 6.45) is 1.43. The predicted octanol–water partition coefficient (Wildman–Crippen LogP) is -0.901. The molecule has 0 aliphatic carbocycles. The quantitative estimate of drug-likeness (QED) is 0.503. The molecule has 0 aromatic heterocycles. The first-order valence-electron chi connectivity index (χ1n) is 6.72. The highest BCUT2D eigenvalue weighted by Gasteiger charge is 2.25. The van der Waals surface area contributed by atoms with Crippen molar-refractivity contribution in [1.82, 2.24) is 15.5 Å². The van der Waals surface area contributed by atoms with Crippen LogP contribution in [0.1, 0.15) is 26.2 Å². The number of nitrogens with two attached hydrogens (primary N) is 1. The van der Waals surface area contributed by atoms with Gasteiger partial charge in [-0.1, -0.05) is 6.92 Å². The fourth-order valence-electron chi connectivity index (χ4n) is 2.25. The minimum atomic E-state index is -1.29. The summed E-state index contributed by atoms with van der Waals surface area (Å²) in [5.74, 6) is -2.05. The van der Waals surface area contributed by atoms with Crippen molar-refractivity contribution in [3.8, 4) is 0 Å². The highest BCUT2D eigenvalue weighted by atomic mass is 16.4. The van der Waals surface area contributed by atoms with Gasteiger partial charge in [0.05, 0.1) is 6.42 Å². The van der Waals surface area contributed by atoms with Gasteiger partial charge in [-0.2, -0.15) is 0 Å².